The molecule has 0 bridgehead atoms. The molecule has 0 N–H and O–H groups in total. The number of fused-ring (bicyclic) bond motifs is 1. The van der Waals surface area contributed by atoms with E-state index in [9.17, 15) is 9.59 Å². The van der Waals surface area contributed by atoms with Crippen LogP contribution in [0.25, 0.3) is 16.6 Å². The summed E-state index contributed by atoms with van der Waals surface area (Å²) in [7, 11) is 0. The predicted octanol–water partition coefficient (Wildman–Crippen LogP) is 6.46. The minimum Gasteiger partial charge on any atom is -0.462 e. The fourth-order valence-electron chi connectivity index (χ4n) is 3.48. The highest BCUT2D eigenvalue weighted by Crippen LogP contribution is 2.35. The zero-order chi connectivity index (χ0) is 22.1. The molecular formula is C24H16Cl2FNO3. The van der Waals surface area contributed by atoms with Crippen LogP contribution in [0, 0.1) is 5.82 Å². The lowest BCUT2D eigenvalue weighted by Gasteiger charge is -2.06. The summed E-state index contributed by atoms with van der Waals surface area (Å²) in [5, 5.41) is 0.284. The molecule has 0 amide bonds. The van der Waals surface area contributed by atoms with Gasteiger partial charge >= 0.3 is 5.97 Å². The average molecular weight is 456 g/mol. The Balaban J connectivity index is 1.89. The second-order valence-electron chi connectivity index (χ2n) is 6.72. The van der Waals surface area contributed by atoms with Crippen LogP contribution >= 0.6 is 23.2 Å². The molecule has 0 radical (unpaired) electrons. The standard InChI is InChI=1S/C24H16Cl2FNO3/c1-2-31-24(30)15-11-9-14(10-12-15)19-18-8-3-4-13-28(18)22(21(19)27)23(29)20-16(25)6-5-7-17(20)26/h3-13H,2H2,1H3. The fraction of sp³-hybridized carbons (Fsp3) is 0.0833. The maximum absolute atomic E-state index is 15.7. The molecule has 2 heterocycles. The molecule has 31 heavy (non-hydrogen) atoms. The van der Waals surface area contributed by atoms with E-state index in [1.807, 2.05) is 0 Å². The van der Waals surface area contributed by atoms with Crippen molar-refractivity contribution in [2.24, 2.45) is 0 Å². The largest absolute Gasteiger partial charge is 0.462 e. The number of aromatic nitrogens is 1. The van der Waals surface area contributed by atoms with Crippen molar-refractivity contribution >= 4 is 40.5 Å². The van der Waals surface area contributed by atoms with Gasteiger partial charge in [-0.2, -0.15) is 0 Å². The van der Waals surface area contributed by atoms with Crippen molar-refractivity contribution in [3.05, 3.63) is 99.5 Å². The van der Waals surface area contributed by atoms with Gasteiger partial charge < -0.3 is 9.14 Å². The third-order valence-electron chi connectivity index (χ3n) is 4.87. The maximum atomic E-state index is 15.7. The smallest absolute Gasteiger partial charge is 0.338 e. The van der Waals surface area contributed by atoms with Crippen LogP contribution in [0.1, 0.15) is 33.3 Å². The van der Waals surface area contributed by atoms with Crippen LogP contribution in [0.2, 0.25) is 10.0 Å². The van der Waals surface area contributed by atoms with Gasteiger partial charge in [-0.1, -0.05) is 47.5 Å². The number of esters is 1. The molecule has 2 aromatic carbocycles. The Labute approximate surface area is 187 Å². The van der Waals surface area contributed by atoms with Gasteiger partial charge in [0.05, 0.1) is 33.3 Å². The molecule has 156 valence electrons. The Morgan fingerprint density at radius 1 is 0.968 bits per heavy atom. The number of ketones is 1. The van der Waals surface area contributed by atoms with Gasteiger partial charge in [-0.25, -0.2) is 9.18 Å². The molecule has 7 heteroatoms. The van der Waals surface area contributed by atoms with E-state index in [4.69, 9.17) is 27.9 Å². The van der Waals surface area contributed by atoms with E-state index >= 15 is 4.39 Å². The summed E-state index contributed by atoms with van der Waals surface area (Å²) in [6.07, 6.45) is 1.60. The van der Waals surface area contributed by atoms with Gasteiger partial charge in [-0.15, -0.1) is 0 Å². The topological polar surface area (TPSA) is 47.8 Å². The van der Waals surface area contributed by atoms with Gasteiger partial charge in [0.25, 0.3) is 0 Å². The molecule has 0 saturated heterocycles. The Morgan fingerprint density at radius 3 is 2.29 bits per heavy atom. The van der Waals surface area contributed by atoms with Crippen molar-refractivity contribution in [3.63, 3.8) is 0 Å². The van der Waals surface area contributed by atoms with Gasteiger partial charge in [-0.3, -0.25) is 4.79 Å². The molecule has 2 aromatic heterocycles. The summed E-state index contributed by atoms with van der Waals surface area (Å²) < 4.78 is 22.2. The third kappa shape index (κ3) is 3.71. The predicted molar refractivity (Wildman–Crippen MR) is 119 cm³/mol. The van der Waals surface area contributed by atoms with Gasteiger partial charge in [0.2, 0.25) is 5.78 Å². The Bertz CT molecular complexity index is 1290. The van der Waals surface area contributed by atoms with E-state index in [0.29, 0.717) is 16.6 Å². The number of halogens is 3. The van der Waals surface area contributed by atoms with Crippen LogP contribution in [-0.4, -0.2) is 22.8 Å². The number of benzene rings is 2. The highest BCUT2D eigenvalue weighted by molar-refractivity contribution is 6.41. The highest BCUT2D eigenvalue weighted by Gasteiger charge is 2.28. The first-order chi connectivity index (χ1) is 14.9. The van der Waals surface area contributed by atoms with E-state index in [1.165, 1.54) is 16.5 Å². The summed E-state index contributed by atoms with van der Waals surface area (Å²) in [6.45, 7) is 1.98. The number of rotatable bonds is 5. The normalized spacial score (nSPS) is 11.0. The molecule has 4 rings (SSSR count). The lowest BCUT2D eigenvalue weighted by Crippen LogP contribution is -2.08. The Kier molecular flexibility index (Phi) is 5.81. The minimum atomic E-state index is -0.698. The molecular weight excluding hydrogens is 440 g/mol. The summed E-state index contributed by atoms with van der Waals surface area (Å²) >= 11 is 12.4. The van der Waals surface area contributed by atoms with Crippen molar-refractivity contribution in [1.82, 2.24) is 4.40 Å². The molecule has 0 saturated carbocycles. The highest BCUT2D eigenvalue weighted by atomic mass is 35.5. The Hall–Kier alpha value is -3.15. The number of carbonyl (C=O) groups is 2. The van der Waals surface area contributed by atoms with Crippen molar-refractivity contribution in [1.29, 1.82) is 0 Å². The summed E-state index contributed by atoms with van der Waals surface area (Å²) in [4.78, 5) is 25.2. The SMILES string of the molecule is CCOC(=O)c1ccc(-c2c(F)c(C(=O)c3c(Cl)cccc3Cl)n3ccccc23)cc1. The van der Waals surface area contributed by atoms with Crippen LogP contribution in [0.4, 0.5) is 4.39 Å². The lowest BCUT2D eigenvalue weighted by atomic mass is 10.0. The fourth-order valence-corrected chi connectivity index (χ4v) is 4.05. The summed E-state index contributed by atoms with van der Waals surface area (Å²) in [5.41, 5.74) is 1.47. The first-order valence-corrected chi connectivity index (χ1v) is 10.2. The van der Waals surface area contributed by atoms with Crippen LogP contribution in [0.15, 0.2) is 66.9 Å². The van der Waals surface area contributed by atoms with E-state index in [-0.39, 0.29) is 33.5 Å². The quantitative estimate of drug-likeness (QED) is 0.256. The number of pyridine rings is 1. The van der Waals surface area contributed by atoms with Gasteiger partial charge in [-0.05, 0) is 48.9 Å². The average Bonchev–Trinajstić information content (AvgIpc) is 3.05. The van der Waals surface area contributed by atoms with E-state index in [0.717, 1.165) is 0 Å². The second kappa shape index (κ2) is 8.53. The van der Waals surface area contributed by atoms with Crippen molar-refractivity contribution in [2.75, 3.05) is 6.61 Å². The second-order valence-corrected chi connectivity index (χ2v) is 7.53. The molecule has 0 atom stereocenters. The van der Waals surface area contributed by atoms with E-state index in [2.05, 4.69) is 0 Å². The zero-order valence-electron chi connectivity index (χ0n) is 16.4. The van der Waals surface area contributed by atoms with Gasteiger partial charge in [0.15, 0.2) is 5.82 Å². The number of ether oxygens (including phenoxy) is 1. The summed E-state index contributed by atoms with van der Waals surface area (Å²) in [5.74, 6) is -1.78. The molecule has 0 unspecified atom stereocenters. The summed E-state index contributed by atoms with van der Waals surface area (Å²) in [6, 6.07) is 16.2. The van der Waals surface area contributed by atoms with Crippen molar-refractivity contribution in [3.8, 4) is 11.1 Å². The molecule has 0 fully saturated rings. The van der Waals surface area contributed by atoms with Crippen molar-refractivity contribution < 1.29 is 18.7 Å². The third-order valence-corrected chi connectivity index (χ3v) is 5.50. The molecule has 4 nitrogen and oxygen atoms in total. The van der Waals surface area contributed by atoms with Crippen LogP contribution < -0.4 is 0 Å². The molecule has 0 aliphatic carbocycles. The van der Waals surface area contributed by atoms with Crippen LogP contribution in [0.5, 0.6) is 0 Å². The molecule has 4 aromatic rings. The van der Waals surface area contributed by atoms with Crippen LogP contribution in [-0.2, 0) is 4.74 Å². The number of nitrogens with zero attached hydrogens (tertiary/aromatic N) is 1. The number of hydrogen-bond acceptors (Lipinski definition) is 3. The Morgan fingerprint density at radius 2 is 1.65 bits per heavy atom. The zero-order valence-corrected chi connectivity index (χ0v) is 17.9. The van der Waals surface area contributed by atoms with Crippen molar-refractivity contribution in [2.45, 2.75) is 6.92 Å². The van der Waals surface area contributed by atoms with E-state index in [1.54, 1.807) is 61.7 Å². The first kappa shape index (κ1) is 21.1. The number of hydrogen-bond donors (Lipinski definition) is 0. The molecule has 0 aliphatic rings. The molecule has 0 aliphatic heterocycles. The molecule has 0 spiro atoms. The maximum Gasteiger partial charge on any atom is 0.338 e. The van der Waals surface area contributed by atoms with Gasteiger partial charge in [0, 0.05) is 11.8 Å². The monoisotopic (exact) mass is 455 g/mol. The van der Waals surface area contributed by atoms with Gasteiger partial charge in [0.1, 0.15) is 5.69 Å². The first-order valence-electron chi connectivity index (χ1n) is 9.48. The van der Waals surface area contributed by atoms with E-state index < -0.39 is 17.6 Å². The number of carbonyl (C=O) groups excluding carboxylic acids is 2. The lowest BCUT2D eigenvalue weighted by molar-refractivity contribution is 0.0526. The van der Waals surface area contributed by atoms with Crippen LogP contribution in [0.3, 0.4) is 0 Å². The minimum absolute atomic E-state index is 0.0391.